The fourth-order valence-electron chi connectivity index (χ4n) is 3.58. The fourth-order valence-corrected chi connectivity index (χ4v) is 3.58. The number of hydrogen-bond acceptors (Lipinski definition) is 2. The van der Waals surface area contributed by atoms with Gasteiger partial charge in [-0.05, 0) is 41.8 Å². The molecule has 3 aromatic carbocycles. The van der Waals surface area contributed by atoms with Crippen LogP contribution in [0, 0.1) is 0 Å². The minimum Gasteiger partial charge on any atom is -0.276 e. The number of hydrogen-bond donors (Lipinski definition) is 0. The van der Waals surface area contributed by atoms with Crippen LogP contribution in [0.15, 0.2) is 72.8 Å². The quantitative estimate of drug-likeness (QED) is 0.406. The summed E-state index contributed by atoms with van der Waals surface area (Å²) in [6.07, 6.45) is 0. The van der Waals surface area contributed by atoms with Crippen molar-refractivity contribution in [1.29, 1.82) is 0 Å². The highest BCUT2D eigenvalue weighted by molar-refractivity contribution is 5.98. The molecule has 126 valence electrons. The average molecular weight is 337 g/mol. The van der Waals surface area contributed by atoms with Crippen LogP contribution >= 0.6 is 0 Å². The van der Waals surface area contributed by atoms with E-state index in [9.17, 15) is 0 Å². The van der Waals surface area contributed by atoms with Crippen molar-refractivity contribution in [2.75, 3.05) is 0 Å². The predicted octanol–water partition coefficient (Wildman–Crippen LogP) is 5.83. The van der Waals surface area contributed by atoms with Gasteiger partial charge in [-0.25, -0.2) is 9.97 Å². The predicted molar refractivity (Wildman–Crippen MR) is 108 cm³/mol. The zero-order chi connectivity index (χ0) is 17.7. The fraction of sp³-hybridized carbons (Fsp3) is 0.130. The second-order valence-electron chi connectivity index (χ2n) is 6.99. The van der Waals surface area contributed by atoms with E-state index in [4.69, 9.17) is 9.97 Å². The van der Waals surface area contributed by atoms with Crippen molar-refractivity contribution in [3.63, 3.8) is 0 Å². The maximum absolute atomic E-state index is 5.02. The highest BCUT2D eigenvalue weighted by atomic mass is 15.1. The highest BCUT2D eigenvalue weighted by Crippen LogP contribution is 2.30. The van der Waals surface area contributed by atoms with Crippen LogP contribution < -0.4 is 0 Å². The van der Waals surface area contributed by atoms with Gasteiger partial charge in [-0.1, -0.05) is 56.3 Å². The van der Waals surface area contributed by atoms with Crippen LogP contribution in [-0.4, -0.2) is 14.4 Å². The molecule has 0 aliphatic rings. The van der Waals surface area contributed by atoms with E-state index < -0.39 is 0 Å². The Morgan fingerprint density at radius 1 is 0.769 bits per heavy atom. The van der Waals surface area contributed by atoms with E-state index in [1.165, 1.54) is 5.56 Å². The van der Waals surface area contributed by atoms with Gasteiger partial charge in [-0.15, -0.1) is 0 Å². The standard InChI is InChI=1S/C23H19N3/c1-15(2)16-8-7-9-17(14-16)22-24-19-11-4-3-10-18(19)23-25-20-12-5-6-13-21(20)26(22)23/h3-15H,1-2H3. The molecule has 2 aromatic heterocycles. The first-order chi connectivity index (χ1) is 12.7. The second kappa shape index (κ2) is 5.67. The molecule has 0 saturated carbocycles. The lowest BCUT2D eigenvalue weighted by Gasteiger charge is -2.11. The molecule has 0 saturated heterocycles. The molecule has 0 spiro atoms. The van der Waals surface area contributed by atoms with Gasteiger partial charge < -0.3 is 0 Å². The number of rotatable bonds is 2. The second-order valence-corrected chi connectivity index (χ2v) is 6.99. The third-order valence-corrected chi connectivity index (χ3v) is 4.96. The summed E-state index contributed by atoms with van der Waals surface area (Å²) in [6, 6.07) is 25.2. The summed E-state index contributed by atoms with van der Waals surface area (Å²) in [5.41, 5.74) is 6.45. The first-order valence-electron chi connectivity index (χ1n) is 8.98. The summed E-state index contributed by atoms with van der Waals surface area (Å²) in [5, 5.41) is 1.08. The van der Waals surface area contributed by atoms with Crippen molar-refractivity contribution in [2.24, 2.45) is 0 Å². The summed E-state index contributed by atoms with van der Waals surface area (Å²) in [5.74, 6) is 1.42. The molecule has 0 N–H and O–H groups in total. The summed E-state index contributed by atoms with van der Waals surface area (Å²) in [6.45, 7) is 4.43. The van der Waals surface area contributed by atoms with Crippen molar-refractivity contribution in [3.8, 4) is 11.4 Å². The van der Waals surface area contributed by atoms with Crippen molar-refractivity contribution in [2.45, 2.75) is 19.8 Å². The lowest BCUT2D eigenvalue weighted by Crippen LogP contribution is -1.99. The number of imidazole rings is 1. The Balaban J connectivity index is 1.96. The normalized spacial score (nSPS) is 11.8. The number of aromatic nitrogens is 3. The van der Waals surface area contributed by atoms with E-state index in [-0.39, 0.29) is 0 Å². The van der Waals surface area contributed by atoms with Crippen molar-refractivity contribution in [3.05, 3.63) is 78.4 Å². The maximum Gasteiger partial charge on any atom is 0.149 e. The molecule has 0 aliphatic heterocycles. The Bertz CT molecular complexity index is 1260. The molecular weight excluding hydrogens is 318 g/mol. The molecule has 3 heteroatoms. The third kappa shape index (κ3) is 2.21. The smallest absolute Gasteiger partial charge is 0.149 e. The van der Waals surface area contributed by atoms with Gasteiger partial charge in [0.1, 0.15) is 11.5 Å². The maximum atomic E-state index is 5.02. The Kier molecular flexibility index (Phi) is 3.29. The Morgan fingerprint density at radius 2 is 1.54 bits per heavy atom. The number of fused-ring (bicyclic) bond motifs is 5. The molecule has 0 amide bonds. The summed E-state index contributed by atoms with van der Waals surface area (Å²) < 4.78 is 2.19. The molecule has 26 heavy (non-hydrogen) atoms. The first kappa shape index (κ1) is 15.1. The van der Waals surface area contributed by atoms with E-state index in [2.05, 4.69) is 72.8 Å². The summed E-state index contributed by atoms with van der Waals surface area (Å²) >= 11 is 0. The van der Waals surface area contributed by atoms with E-state index in [0.29, 0.717) is 5.92 Å². The van der Waals surface area contributed by atoms with Gasteiger partial charge in [0.05, 0.1) is 16.6 Å². The van der Waals surface area contributed by atoms with Crippen molar-refractivity contribution >= 4 is 27.6 Å². The zero-order valence-electron chi connectivity index (χ0n) is 14.8. The third-order valence-electron chi connectivity index (χ3n) is 4.96. The van der Waals surface area contributed by atoms with E-state index in [1.54, 1.807) is 0 Å². The van der Waals surface area contributed by atoms with Gasteiger partial charge in [0.2, 0.25) is 0 Å². The van der Waals surface area contributed by atoms with Gasteiger partial charge in [0.25, 0.3) is 0 Å². The minimum absolute atomic E-state index is 0.477. The number of nitrogens with zero attached hydrogens (tertiary/aromatic N) is 3. The van der Waals surface area contributed by atoms with E-state index >= 15 is 0 Å². The van der Waals surface area contributed by atoms with Gasteiger partial charge in [-0.3, -0.25) is 4.40 Å². The summed E-state index contributed by atoms with van der Waals surface area (Å²) in [4.78, 5) is 9.93. The molecule has 2 heterocycles. The lowest BCUT2D eigenvalue weighted by molar-refractivity contribution is 0.866. The molecule has 0 atom stereocenters. The lowest BCUT2D eigenvalue weighted by atomic mass is 10.0. The van der Waals surface area contributed by atoms with E-state index in [0.717, 1.165) is 39.0 Å². The van der Waals surface area contributed by atoms with Crippen LogP contribution in [0.5, 0.6) is 0 Å². The van der Waals surface area contributed by atoms with Gasteiger partial charge in [0.15, 0.2) is 0 Å². The SMILES string of the molecule is CC(C)c1cccc(-c2nc3ccccc3c3nc4ccccc4n23)c1. The van der Waals surface area contributed by atoms with Crippen LogP contribution in [0.2, 0.25) is 0 Å². The van der Waals surface area contributed by atoms with Gasteiger partial charge in [-0.2, -0.15) is 0 Å². The van der Waals surface area contributed by atoms with Crippen LogP contribution in [0.25, 0.3) is 39.0 Å². The summed E-state index contributed by atoms with van der Waals surface area (Å²) in [7, 11) is 0. The molecule has 3 nitrogen and oxygen atoms in total. The number of benzene rings is 3. The topological polar surface area (TPSA) is 30.2 Å². The van der Waals surface area contributed by atoms with Crippen LogP contribution in [-0.2, 0) is 0 Å². The molecule has 0 radical (unpaired) electrons. The Hall–Kier alpha value is -3.20. The monoisotopic (exact) mass is 337 g/mol. The Labute approximate surface area is 152 Å². The molecule has 0 bridgehead atoms. The van der Waals surface area contributed by atoms with E-state index in [1.807, 2.05) is 18.2 Å². The molecule has 0 aliphatic carbocycles. The first-order valence-corrected chi connectivity index (χ1v) is 8.98. The number of para-hydroxylation sites is 3. The van der Waals surface area contributed by atoms with Gasteiger partial charge in [0, 0.05) is 10.9 Å². The molecule has 0 fully saturated rings. The van der Waals surface area contributed by atoms with Gasteiger partial charge >= 0.3 is 0 Å². The van der Waals surface area contributed by atoms with Crippen LogP contribution in [0.1, 0.15) is 25.3 Å². The zero-order valence-corrected chi connectivity index (χ0v) is 14.8. The molecule has 5 rings (SSSR count). The molecule has 0 unspecified atom stereocenters. The minimum atomic E-state index is 0.477. The van der Waals surface area contributed by atoms with Crippen molar-refractivity contribution < 1.29 is 0 Å². The Morgan fingerprint density at radius 3 is 2.38 bits per heavy atom. The van der Waals surface area contributed by atoms with Crippen LogP contribution in [0.4, 0.5) is 0 Å². The molecule has 5 aromatic rings. The average Bonchev–Trinajstić information content (AvgIpc) is 3.07. The van der Waals surface area contributed by atoms with Crippen molar-refractivity contribution in [1.82, 2.24) is 14.4 Å². The highest BCUT2D eigenvalue weighted by Gasteiger charge is 2.15. The largest absolute Gasteiger partial charge is 0.276 e. The molecular formula is C23H19N3. The van der Waals surface area contributed by atoms with Crippen LogP contribution in [0.3, 0.4) is 0 Å².